The van der Waals surface area contributed by atoms with Crippen LogP contribution < -0.4 is 5.73 Å². The monoisotopic (exact) mass is 320 g/mol. The van der Waals surface area contributed by atoms with Gasteiger partial charge < -0.3 is 5.73 Å². The summed E-state index contributed by atoms with van der Waals surface area (Å²) in [6.07, 6.45) is 1.02. The maximum Gasteiger partial charge on any atom is 0.246 e. The highest BCUT2D eigenvalue weighted by atomic mass is 32.2. The molecule has 0 saturated heterocycles. The molecule has 120 valence electrons. The van der Waals surface area contributed by atoms with Crippen molar-refractivity contribution < 1.29 is 17.2 Å². The average molecular weight is 320 g/mol. The fraction of sp³-hybridized carbons (Fsp3) is 0.571. The van der Waals surface area contributed by atoms with Crippen LogP contribution >= 0.6 is 0 Å². The molecular formula is C14H22F2N2O2S. The second kappa shape index (κ2) is 6.81. The molecule has 4 nitrogen and oxygen atoms in total. The molecule has 21 heavy (non-hydrogen) atoms. The SMILES string of the molecule is CCCN(C(C)(CC)CN)S(=O)(=O)c1cc(F)ccc1F. The van der Waals surface area contributed by atoms with Crippen molar-refractivity contribution in [3.05, 3.63) is 29.8 Å². The highest BCUT2D eigenvalue weighted by Gasteiger charge is 2.39. The van der Waals surface area contributed by atoms with Crippen molar-refractivity contribution in [3.63, 3.8) is 0 Å². The van der Waals surface area contributed by atoms with E-state index in [1.165, 1.54) is 4.31 Å². The highest BCUT2D eigenvalue weighted by Crippen LogP contribution is 2.28. The molecular weight excluding hydrogens is 298 g/mol. The van der Waals surface area contributed by atoms with Gasteiger partial charge in [-0.15, -0.1) is 0 Å². The first-order valence-electron chi connectivity index (χ1n) is 6.91. The van der Waals surface area contributed by atoms with E-state index in [-0.39, 0.29) is 13.1 Å². The summed E-state index contributed by atoms with van der Waals surface area (Å²) in [6, 6.07) is 2.42. The maximum absolute atomic E-state index is 13.9. The zero-order valence-corrected chi connectivity index (χ0v) is 13.4. The van der Waals surface area contributed by atoms with Gasteiger partial charge in [-0.1, -0.05) is 13.8 Å². The van der Waals surface area contributed by atoms with E-state index < -0.39 is 32.1 Å². The summed E-state index contributed by atoms with van der Waals surface area (Å²) >= 11 is 0. The second-order valence-electron chi connectivity index (χ2n) is 5.21. The lowest BCUT2D eigenvalue weighted by atomic mass is 9.99. The molecule has 0 aliphatic heterocycles. The first-order valence-corrected chi connectivity index (χ1v) is 8.35. The Balaban J connectivity index is 3.45. The Kier molecular flexibility index (Phi) is 5.83. The molecule has 1 aromatic rings. The standard InChI is InChI=1S/C14H22F2N2O2S/c1-4-8-18(14(3,5-2)10-17)21(19,20)13-9-11(15)6-7-12(13)16/h6-7,9H,4-5,8,10,17H2,1-3H3. The van der Waals surface area contributed by atoms with Gasteiger partial charge in [0.15, 0.2) is 0 Å². The van der Waals surface area contributed by atoms with E-state index in [2.05, 4.69) is 0 Å². The van der Waals surface area contributed by atoms with Gasteiger partial charge in [0.1, 0.15) is 16.5 Å². The Labute approximate surface area is 125 Å². The van der Waals surface area contributed by atoms with E-state index in [0.29, 0.717) is 18.9 Å². The molecule has 0 aromatic heterocycles. The van der Waals surface area contributed by atoms with Crippen molar-refractivity contribution in [2.24, 2.45) is 5.73 Å². The minimum atomic E-state index is -4.16. The lowest BCUT2D eigenvalue weighted by Crippen LogP contribution is -2.54. The molecule has 7 heteroatoms. The minimum Gasteiger partial charge on any atom is -0.329 e. The quantitative estimate of drug-likeness (QED) is 0.839. The van der Waals surface area contributed by atoms with Crippen LogP contribution in [0.15, 0.2) is 23.1 Å². The van der Waals surface area contributed by atoms with Gasteiger partial charge in [0, 0.05) is 18.6 Å². The molecule has 0 saturated carbocycles. The number of rotatable bonds is 7. The van der Waals surface area contributed by atoms with Crippen LogP contribution in [0.25, 0.3) is 0 Å². The topological polar surface area (TPSA) is 63.4 Å². The van der Waals surface area contributed by atoms with E-state index in [9.17, 15) is 17.2 Å². The van der Waals surface area contributed by atoms with E-state index in [1.54, 1.807) is 6.92 Å². The van der Waals surface area contributed by atoms with Gasteiger partial charge >= 0.3 is 0 Å². The van der Waals surface area contributed by atoms with Gasteiger partial charge in [0.2, 0.25) is 10.0 Å². The van der Waals surface area contributed by atoms with Crippen LogP contribution in [0, 0.1) is 11.6 Å². The highest BCUT2D eigenvalue weighted by molar-refractivity contribution is 7.89. The molecule has 0 aliphatic carbocycles. The number of hydrogen-bond acceptors (Lipinski definition) is 3. The van der Waals surface area contributed by atoms with Crippen LogP contribution in [-0.2, 0) is 10.0 Å². The van der Waals surface area contributed by atoms with Crippen molar-refractivity contribution in [1.29, 1.82) is 0 Å². The molecule has 0 amide bonds. The summed E-state index contributed by atoms with van der Waals surface area (Å²) in [7, 11) is -4.16. The Bertz CT molecular complexity index is 587. The van der Waals surface area contributed by atoms with Crippen molar-refractivity contribution in [2.75, 3.05) is 13.1 Å². The summed E-state index contributed by atoms with van der Waals surface area (Å²) in [5, 5.41) is 0. The van der Waals surface area contributed by atoms with Crippen LogP contribution in [0.5, 0.6) is 0 Å². The van der Waals surface area contributed by atoms with Crippen molar-refractivity contribution in [1.82, 2.24) is 4.31 Å². The fourth-order valence-corrected chi connectivity index (χ4v) is 4.12. The lowest BCUT2D eigenvalue weighted by molar-refractivity contribution is 0.205. The Morgan fingerprint density at radius 2 is 1.90 bits per heavy atom. The predicted octanol–water partition coefficient (Wildman–Crippen LogP) is 2.49. The zero-order valence-electron chi connectivity index (χ0n) is 12.6. The Morgan fingerprint density at radius 3 is 2.38 bits per heavy atom. The third-order valence-corrected chi connectivity index (χ3v) is 5.76. The summed E-state index contributed by atoms with van der Waals surface area (Å²) in [5.41, 5.74) is 4.88. The molecule has 1 rings (SSSR count). The van der Waals surface area contributed by atoms with Gasteiger partial charge in [-0.25, -0.2) is 17.2 Å². The predicted molar refractivity (Wildman–Crippen MR) is 78.3 cm³/mol. The van der Waals surface area contributed by atoms with Gasteiger partial charge in [0.25, 0.3) is 0 Å². The molecule has 0 radical (unpaired) electrons. The smallest absolute Gasteiger partial charge is 0.246 e. The van der Waals surface area contributed by atoms with Crippen molar-refractivity contribution in [2.45, 2.75) is 44.0 Å². The van der Waals surface area contributed by atoms with Gasteiger partial charge in [0.05, 0.1) is 0 Å². The Morgan fingerprint density at radius 1 is 1.29 bits per heavy atom. The van der Waals surface area contributed by atoms with E-state index in [4.69, 9.17) is 5.73 Å². The second-order valence-corrected chi connectivity index (χ2v) is 7.04. The molecule has 0 aliphatic rings. The molecule has 2 N–H and O–H groups in total. The molecule has 0 spiro atoms. The summed E-state index contributed by atoms with van der Waals surface area (Å²) in [4.78, 5) is -0.649. The molecule has 1 atom stereocenters. The number of hydrogen-bond donors (Lipinski definition) is 1. The summed E-state index contributed by atoms with van der Waals surface area (Å²) in [5.74, 6) is -1.76. The van der Waals surface area contributed by atoms with Gasteiger partial charge in [-0.3, -0.25) is 0 Å². The average Bonchev–Trinajstić information content (AvgIpc) is 2.46. The third kappa shape index (κ3) is 3.59. The number of nitrogens with zero attached hydrogens (tertiary/aromatic N) is 1. The van der Waals surface area contributed by atoms with Gasteiger partial charge in [-0.05, 0) is 38.0 Å². The number of sulfonamides is 1. The summed E-state index contributed by atoms with van der Waals surface area (Å²) < 4.78 is 53.8. The van der Waals surface area contributed by atoms with E-state index in [1.807, 2.05) is 13.8 Å². The van der Waals surface area contributed by atoms with Crippen molar-refractivity contribution in [3.8, 4) is 0 Å². The molecule has 1 unspecified atom stereocenters. The molecule has 0 bridgehead atoms. The number of halogens is 2. The lowest BCUT2D eigenvalue weighted by Gasteiger charge is -2.38. The molecule has 0 heterocycles. The molecule has 1 aromatic carbocycles. The van der Waals surface area contributed by atoms with E-state index in [0.717, 1.165) is 12.1 Å². The van der Waals surface area contributed by atoms with E-state index >= 15 is 0 Å². The number of nitrogens with two attached hydrogens (primary N) is 1. The third-order valence-electron chi connectivity index (χ3n) is 3.69. The first kappa shape index (κ1) is 18.0. The van der Waals surface area contributed by atoms with Crippen molar-refractivity contribution >= 4 is 10.0 Å². The number of benzene rings is 1. The van der Waals surface area contributed by atoms with Crippen LogP contribution in [-0.4, -0.2) is 31.4 Å². The zero-order chi connectivity index (χ0) is 16.3. The van der Waals surface area contributed by atoms with Crippen LogP contribution in [0.3, 0.4) is 0 Å². The summed E-state index contributed by atoms with van der Waals surface area (Å²) in [6.45, 7) is 5.63. The first-order chi connectivity index (χ1) is 9.72. The van der Waals surface area contributed by atoms with Gasteiger partial charge in [-0.2, -0.15) is 4.31 Å². The van der Waals surface area contributed by atoms with Crippen LogP contribution in [0.1, 0.15) is 33.6 Å². The largest absolute Gasteiger partial charge is 0.329 e. The maximum atomic E-state index is 13.9. The normalized spacial score (nSPS) is 15.2. The Hall–Kier alpha value is -1.05. The minimum absolute atomic E-state index is 0.0969. The molecule has 0 fully saturated rings. The van der Waals surface area contributed by atoms with Crippen LogP contribution in [0.2, 0.25) is 0 Å². The van der Waals surface area contributed by atoms with Crippen LogP contribution in [0.4, 0.5) is 8.78 Å². The fourth-order valence-electron chi connectivity index (χ4n) is 2.10.